The Kier molecular flexibility index (Phi) is 5.41. The maximum Gasteiger partial charge on any atom is 0.404 e. The lowest BCUT2D eigenvalue weighted by atomic mass is 10.2. The minimum Gasteiger partial charge on any atom is -0.448 e. The summed E-state index contributed by atoms with van der Waals surface area (Å²) < 4.78 is 29.9. The zero-order valence-corrected chi connectivity index (χ0v) is 11.1. The number of nitrogens with zero attached hydrogens (tertiary/aromatic N) is 1. The maximum absolute atomic E-state index is 11.6. The van der Waals surface area contributed by atoms with Gasteiger partial charge in [0.1, 0.15) is 6.61 Å². The molecule has 0 heterocycles. The number of sulfonamides is 1. The molecule has 3 N–H and O–H groups in total. The van der Waals surface area contributed by atoms with Gasteiger partial charge in [0.05, 0.1) is 10.7 Å². The first-order valence-electron chi connectivity index (χ1n) is 5.43. The van der Waals surface area contributed by atoms with E-state index >= 15 is 0 Å². The average molecular weight is 303 g/mol. The number of carbonyl (C=O) groups is 1. The van der Waals surface area contributed by atoms with Crippen molar-refractivity contribution in [2.45, 2.75) is 5.75 Å². The van der Waals surface area contributed by atoms with Crippen LogP contribution in [0.25, 0.3) is 0 Å². The number of amides is 1. The third kappa shape index (κ3) is 5.63. The van der Waals surface area contributed by atoms with E-state index in [4.69, 9.17) is 5.73 Å². The molecule has 110 valence electrons. The lowest BCUT2D eigenvalue weighted by Crippen LogP contribution is -2.30. The van der Waals surface area contributed by atoms with Crippen LogP contribution in [0.3, 0.4) is 0 Å². The predicted molar refractivity (Wildman–Crippen MR) is 69.3 cm³/mol. The van der Waals surface area contributed by atoms with Crippen LogP contribution in [0, 0.1) is 10.1 Å². The molecule has 0 aliphatic rings. The summed E-state index contributed by atoms with van der Waals surface area (Å²) in [6.45, 7) is -0.271. The van der Waals surface area contributed by atoms with Gasteiger partial charge in [-0.25, -0.2) is 17.9 Å². The lowest BCUT2D eigenvalue weighted by molar-refractivity contribution is -0.384. The van der Waals surface area contributed by atoms with Crippen molar-refractivity contribution in [1.29, 1.82) is 0 Å². The second kappa shape index (κ2) is 6.82. The number of non-ortho nitro benzene ring substituents is 1. The highest BCUT2D eigenvalue weighted by molar-refractivity contribution is 7.88. The Bertz CT molecular complexity index is 584. The van der Waals surface area contributed by atoms with Crippen molar-refractivity contribution in [2.75, 3.05) is 13.2 Å². The summed E-state index contributed by atoms with van der Waals surface area (Å²) in [5.74, 6) is -0.332. The molecular weight excluding hydrogens is 290 g/mol. The lowest BCUT2D eigenvalue weighted by Gasteiger charge is -2.06. The van der Waals surface area contributed by atoms with E-state index in [9.17, 15) is 23.3 Å². The number of primary amides is 1. The van der Waals surface area contributed by atoms with Crippen LogP contribution in [0.2, 0.25) is 0 Å². The summed E-state index contributed by atoms with van der Waals surface area (Å²) in [6.07, 6.45) is -0.987. The van der Waals surface area contributed by atoms with Gasteiger partial charge in [0.15, 0.2) is 0 Å². The van der Waals surface area contributed by atoms with Crippen LogP contribution in [-0.2, 0) is 20.5 Å². The van der Waals surface area contributed by atoms with Gasteiger partial charge in [0, 0.05) is 18.7 Å². The third-order valence-corrected chi connectivity index (χ3v) is 3.53. The third-order valence-electron chi connectivity index (χ3n) is 2.17. The molecule has 10 heteroatoms. The van der Waals surface area contributed by atoms with Gasteiger partial charge in [0.2, 0.25) is 10.0 Å². The van der Waals surface area contributed by atoms with Crippen molar-refractivity contribution in [1.82, 2.24) is 4.72 Å². The number of nitrogens with one attached hydrogen (secondary N) is 1. The van der Waals surface area contributed by atoms with E-state index < -0.39 is 21.0 Å². The highest BCUT2D eigenvalue weighted by atomic mass is 32.2. The fourth-order valence-electron chi connectivity index (χ4n) is 1.33. The molecule has 0 fully saturated rings. The van der Waals surface area contributed by atoms with Crippen LogP contribution in [0.5, 0.6) is 0 Å². The zero-order valence-electron chi connectivity index (χ0n) is 10.3. The molecule has 0 bridgehead atoms. The number of benzene rings is 1. The number of ether oxygens (including phenoxy) is 1. The molecule has 0 saturated heterocycles. The molecular formula is C10H13N3O6S. The number of nitrogens with two attached hydrogens (primary N) is 1. The van der Waals surface area contributed by atoms with Gasteiger partial charge in [-0.3, -0.25) is 10.1 Å². The van der Waals surface area contributed by atoms with Gasteiger partial charge in [-0.2, -0.15) is 0 Å². The molecule has 0 radical (unpaired) electrons. The van der Waals surface area contributed by atoms with Gasteiger partial charge in [-0.05, 0) is 5.56 Å². The van der Waals surface area contributed by atoms with Crippen molar-refractivity contribution in [3.05, 3.63) is 39.9 Å². The second-order valence-corrected chi connectivity index (χ2v) is 5.55. The van der Waals surface area contributed by atoms with E-state index in [-0.39, 0.29) is 24.6 Å². The number of hydrogen-bond acceptors (Lipinski definition) is 6. The van der Waals surface area contributed by atoms with E-state index in [1.165, 1.54) is 24.3 Å². The minimum absolute atomic E-state index is 0.0990. The van der Waals surface area contributed by atoms with E-state index in [1.807, 2.05) is 0 Å². The van der Waals surface area contributed by atoms with Crippen LogP contribution in [0.15, 0.2) is 24.3 Å². The smallest absolute Gasteiger partial charge is 0.404 e. The van der Waals surface area contributed by atoms with Crippen LogP contribution in [0.1, 0.15) is 5.56 Å². The topological polar surface area (TPSA) is 142 Å². The van der Waals surface area contributed by atoms with E-state index in [0.717, 1.165) is 0 Å². The molecule has 0 spiro atoms. The molecule has 0 aromatic heterocycles. The number of hydrogen-bond donors (Lipinski definition) is 2. The first kappa shape index (κ1) is 15.9. The number of nitro benzene ring substituents is 1. The fourth-order valence-corrected chi connectivity index (χ4v) is 2.46. The highest BCUT2D eigenvalue weighted by Crippen LogP contribution is 2.13. The Morgan fingerprint density at radius 1 is 1.35 bits per heavy atom. The first-order chi connectivity index (χ1) is 9.30. The molecule has 1 amide bonds. The fraction of sp³-hybridized carbons (Fsp3) is 0.300. The van der Waals surface area contributed by atoms with Crippen LogP contribution < -0.4 is 10.5 Å². The normalized spacial score (nSPS) is 11.0. The molecule has 0 aliphatic heterocycles. The summed E-state index contributed by atoms with van der Waals surface area (Å²) in [5, 5.41) is 10.5. The standard InChI is InChI=1S/C10H13N3O6S/c11-10(14)19-6-5-12-20(17,18)7-8-1-3-9(4-2-8)13(15)16/h1-4,12H,5-7H2,(H2,11,14). The molecule has 20 heavy (non-hydrogen) atoms. The zero-order chi connectivity index (χ0) is 15.2. The van der Waals surface area contributed by atoms with Crippen LogP contribution in [0.4, 0.5) is 10.5 Å². The Balaban J connectivity index is 2.53. The van der Waals surface area contributed by atoms with Crippen molar-refractivity contribution in [3.8, 4) is 0 Å². The van der Waals surface area contributed by atoms with Gasteiger partial charge >= 0.3 is 6.09 Å². The summed E-state index contributed by atoms with van der Waals surface area (Å²) in [4.78, 5) is 20.1. The predicted octanol–water partition coefficient (Wildman–Crippen LogP) is 0.110. The van der Waals surface area contributed by atoms with E-state index in [2.05, 4.69) is 9.46 Å². The Labute approximate surface area is 114 Å². The Hall–Kier alpha value is -2.20. The second-order valence-electron chi connectivity index (χ2n) is 3.74. The first-order valence-corrected chi connectivity index (χ1v) is 7.08. The van der Waals surface area contributed by atoms with Gasteiger partial charge < -0.3 is 10.5 Å². The molecule has 9 nitrogen and oxygen atoms in total. The number of nitro groups is 1. The summed E-state index contributed by atoms with van der Waals surface area (Å²) in [6, 6.07) is 5.16. The summed E-state index contributed by atoms with van der Waals surface area (Å²) in [7, 11) is -3.62. The number of carbonyl (C=O) groups excluding carboxylic acids is 1. The number of rotatable bonds is 7. The van der Waals surface area contributed by atoms with Crippen LogP contribution in [-0.4, -0.2) is 32.6 Å². The summed E-state index contributed by atoms with van der Waals surface area (Å²) in [5.41, 5.74) is 5.00. The molecule has 0 saturated carbocycles. The Morgan fingerprint density at radius 3 is 2.45 bits per heavy atom. The van der Waals surface area contributed by atoms with E-state index in [1.54, 1.807) is 0 Å². The monoisotopic (exact) mass is 303 g/mol. The molecule has 1 aromatic rings. The van der Waals surface area contributed by atoms with Crippen LogP contribution >= 0.6 is 0 Å². The minimum atomic E-state index is -3.62. The maximum atomic E-state index is 11.6. The molecule has 0 aliphatic carbocycles. The van der Waals surface area contributed by atoms with Gasteiger partial charge in [-0.1, -0.05) is 12.1 Å². The largest absolute Gasteiger partial charge is 0.448 e. The Morgan fingerprint density at radius 2 is 1.95 bits per heavy atom. The quantitative estimate of drug-likeness (QED) is 0.416. The SMILES string of the molecule is NC(=O)OCCNS(=O)(=O)Cc1ccc([N+](=O)[O-])cc1. The van der Waals surface area contributed by atoms with E-state index in [0.29, 0.717) is 5.56 Å². The molecule has 1 aromatic carbocycles. The van der Waals surface area contributed by atoms with Crippen molar-refractivity contribution >= 4 is 21.8 Å². The highest BCUT2D eigenvalue weighted by Gasteiger charge is 2.12. The molecule has 1 rings (SSSR count). The van der Waals surface area contributed by atoms with Gasteiger partial charge in [0.25, 0.3) is 5.69 Å². The molecule has 0 atom stereocenters. The van der Waals surface area contributed by atoms with Crippen molar-refractivity contribution in [3.63, 3.8) is 0 Å². The summed E-state index contributed by atoms with van der Waals surface area (Å²) >= 11 is 0. The van der Waals surface area contributed by atoms with Crippen molar-refractivity contribution in [2.24, 2.45) is 5.73 Å². The average Bonchev–Trinajstić information content (AvgIpc) is 2.34. The van der Waals surface area contributed by atoms with Gasteiger partial charge in [-0.15, -0.1) is 0 Å². The van der Waals surface area contributed by atoms with Crippen molar-refractivity contribution < 1.29 is 22.9 Å². The molecule has 0 unspecified atom stereocenters.